The smallest absolute Gasteiger partial charge is 0.306 e. The van der Waals surface area contributed by atoms with Gasteiger partial charge in [-0.1, -0.05) is 19.1 Å². The van der Waals surface area contributed by atoms with Crippen LogP contribution >= 0.6 is 0 Å². The zero-order chi connectivity index (χ0) is 11.7. The van der Waals surface area contributed by atoms with Crippen molar-refractivity contribution in [3.63, 3.8) is 0 Å². The summed E-state index contributed by atoms with van der Waals surface area (Å²) in [6.45, 7) is 4.38. The van der Waals surface area contributed by atoms with Crippen LogP contribution in [0.2, 0.25) is 0 Å². The number of hydrogen-bond donors (Lipinski definition) is 1. The Morgan fingerprint density at radius 1 is 1.56 bits per heavy atom. The maximum Gasteiger partial charge on any atom is 0.306 e. The van der Waals surface area contributed by atoms with Crippen LogP contribution in [-0.4, -0.2) is 17.7 Å². The fourth-order valence-electron chi connectivity index (χ4n) is 2.22. The maximum absolute atomic E-state index is 11.0. The van der Waals surface area contributed by atoms with Crippen LogP contribution in [0.25, 0.3) is 0 Å². The van der Waals surface area contributed by atoms with E-state index in [-0.39, 0.29) is 11.8 Å². The Hall–Kier alpha value is -1.51. The van der Waals surface area contributed by atoms with Gasteiger partial charge >= 0.3 is 5.97 Å². The Morgan fingerprint density at radius 3 is 3.00 bits per heavy atom. The molecule has 2 unspecified atom stereocenters. The van der Waals surface area contributed by atoms with E-state index in [1.807, 2.05) is 25.1 Å². The normalized spacial score (nSPS) is 20.8. The first-order valence-corrected chi connectivity index (χ1v) is 5.55. The molecule has 0 aliphatic carbocycles. The minimum Gasteiger partial charge on any atom is -0.493 e. The Morgan fingerprint density at radius 2 is 2.31 bits per heavy atom. The number of benzene rings is 1. The van der Waals surface area contributed by atoms with E-state index in [9.17, 15) is 4.79 Å². The number of rotatable bonds is 2. The van der Waals surface area contributed by atoms with Gasteiger partial charge in [0.05, 0.1) is 12.5 Å². The van der Waals surface area contributed by atoms with E-state index in [0.29, 0.717) is 6.61 Å². The minimum absolute atomic E-state index is 0.0712. The molecule has 2 rings (SSSR count). The highest BCUT2D eigenvalue weighted by Gasteiger charge is 2.30. The molecule has 1 aromatic rings. The largest absolute Gasteiger partial charge is 0.493 e. The average molecular weight is 220 g/mol. The Balaban J connectivity index is 2.36. The molecule has 0 amide bonds. The molecule has 1 aliphatic rings. The molecule has 1 heterocycles. The van der Waals surface area contributed by atoms with Crippen molar-refractivity contribution in [2.75, 3.05) is 6.61 Å². The Labute approximate surface area is 95.0 Å². The molecule has 1 N–H and O–H groups in total. The summed E-state index contributed by atoms with van der Waals surface area (Å²) >= 11 is 0. The van der Waals surface area contributed by atoms with Crippen molar-refractivity contribution >= 4 is 5.97 Å². The number of carboxylic acid groups (broad SMARTS) is 1. The lowest BCUT2D eigenvalue weighted by molar-refractivity contribution is -0.142. The summed E-state index contributed by atoms with van der Waals surface area (Å²) in [5.41, 5.74) is 2.18. The molecule has 2 atom stereocenters. The SMILES string of the molecule is Cc1ccc2c(c1)OCCC2C(C)C(=O)O. The van der Waals surface area contributed by atoms with E-state index in [2.05, 4.69) is 0 Å². The number of hydrogen-bond acceptors (Lipinski definition) is 2. The fraction of sp³-hybridized carbons (Fsp3) is 0.462. The second kappa shape index (κ2) is 4.16. The van der Waals surface area contributed by atoms with E-state index < -0.39 is 5.97 Å². The van der Waals surface area contributed by atoms with Gasteiger partial charge in [-0.05, 0) is 30.5 Å². The third kappa shape index (κ3) is 1.90. The molecule has 1 aromatic carbocycles. The van der Waals surface area contributed by atoms with Gasteiger partial charge in [0.2, 0.25) is 0 Å². The van der Waals surface area contributed by atoms with Crippen LogP contribution in [0.1, 0.15) is 30.4 Å². The maximum atomic E-state index is 11.0. The average Bonchev–Trinajstić information content (AvgIpc) is 2.26. The summed E-state index contributed by atoms with van der Waals surface area (Å²) in [4.78, 5) is 11.0. The van der Waals surface area contributed by atoms with Crippen LogP contribution < -0.4 is 4.74 Å². The van der Waals surface area contributed by atoms with Crippen molar-refractivity contribution < 1.29 is 14.6 Å². The van der Waals surface area contributed by atoms with Crippen molar-refractivity contribution in [2.24, 2.45) is 5.92 Å². The topological polar surface area (TPSA) is 46.5 Å². The van der Waals surface area contributed by atoms with Gasteiger partial charge in [-0.25, -0.2) is 0 Å². The monoisotopic (exact) mass is 220 g/mol. The molecule has 0 saturated heterocycles. The number of carboxylic acids is 1. The van der Waals surface area contributed by atoms with Crippen molar-refractivity contribution in [1.29, 1.82) is 0 Å². The van der Waals surface area contributed by atoms with Gasteiger partial charge in [-0.15, -0.1) is 0 Å². The third-order valence-corrected chi connectivity index (χ3v) is 3.25. The molecule has 3 nitrogen and oxygen atoms in total. The molecular weight excluding hydrogens is 204 g/mol. The van der Waals surface area contributed by atoms with Gasteiger partial charge in [0.25, 0.3) is 0 Å². The van der Waals surface area contributed by atoms with Crippen LogP contribution in [0.5, 0.6) is 5.75 Å². The molecule has 86 valence electrons. The first kappa shape index (κ1) is 11.0. The van der Waals surface area contributed by atoms with Crippen LogP contribution in [0, 0.1) is 12.8 Å². The lowest BCUT2D eigenvalue weighted by Gasteiger charge is -2.28. The molecule has 0 radical (unpaired) electrons. The van der Waals surface area contributed by atoms with E-state index in [1.165, 1.54) is 0 Å². The molecular formula is C13H16O3. The van der Waals surface area contributed by atoms with Gasteiger partial charge in [0, 0.05) is 5.92 Å². The highest BCUT2D eigenvalue weighted by atomic mass is 16.5. The number of fused-ring (bicyclic) bond motifs is 1. The molecule has 1 aliphatic heterocycles. The zero-order valence-corrected chi connectivity index (χ0v) is 9.56. The van der Waals surface area contributed by atoms with Crippen LogP contribution in [0.3, 0.4) is 0 Å². The number of aliphatic carboxylic acids is 1. The first-order valence-electron chi connectivity index (χ1n) is 5.55. The van der Waals surface area contributed by atoms with Crippen LogP contribution in [-0.2, 0) is 4.79 Å². The van der Waals surface area contributed by atoms with E-state index >= 15 is 0 Å². The van der Waals surface area contributed by atoms with Crippen LogP contribution in [0.15, 0.2) is 18.2 Å². The highest BCUT2D eigenvalue weighted by molar-refractivity contribution is 5.71. The summed E-state index contributed by atoms with van der Waals surface area (Å²) in [5.74, 6) is -0.171. The van der Waals surface area contributed by atoms with E-state index in [0.717, 1.165) is 23.3 Å². The van der Waals surface area contributed by atoms with E-state index in [1.54, 1.807) is 6.92 Å². The molecule has 0 aromatic heterocycles. The molecule has 0 bridgehead atoms. The summed E-state index contributed by atoms with van der Waals surface area (Å²) in [6.07, 6.45) is 0.781. The lowest BCUT2D eigenvalue weighted by Crippen LogP contribution is -2.24. The lowest BCUT2D eigenvalue weighted by atomic mass is 9.83. The fourth-order valence-corrected chi connectivity index (χ4v) is 2.22. The number of carbonyl (C=O) groups is 1. The second-order valence-electron chi connectivity index (χ2n) is 4.41. The van der Waals surface area contributed by atoms with Crippen molar-refractivity contribution in [1.82, 2.24) is 0 Å². The minimum atomic E-state index is -0.738. The van der Waals surface area contributed by atoms with Gasteiger partial charge < -0.3 is 9.84 Å². The Bertz CT molecular complexity index is 412. The molecule has 0 spiro atoms. The quantitative estimate of drug-likeness (QED) is 0.833. The molecule has 0 fully saturated rings. The summed E-state index contributed by atoms with van der Waals surface area (Å²) in [7, 11) is 0. The number of aryl methyl sites for hydroxylation is 1. The van der Waals surface area contributed by atoms with Gasteiger partial charge in [-0.2, -0.15) is 0 Å². The standard InChI is InChI=1S/C13H16O3/c1-8-3-4-11-10(9(2)13(14)15)5-6-16-12(11)7-8/h3-4,7,9-10H,5-6H2,1-2H3,(H,14,15). The molecule has 3 heteroatoms. The summed E-state index contributed by atoms with van der Waals surface area (Å²) in [5, 5.41) is 9.07. The van der Waals surface area contributed by atoms with Crippen molar-refractivity contribution in [2.45, 2.75) is 26.2 Å². The summed E-state index contributed by atoms with van der Waals surface area (Å²) in [6, 6.07) is 5.99. The van der Waals surface area contributed by atoms with Crippen LogP contribution in [0.4, 0.5) is 0 Å². The van der Waals surface area contributed by atoms with Gasteiger partial charge in [-0.3, -0.25) is 4.79 Å². The van der Waals surface area contributed by atoms with Gasteiger partial charge in [0.15, 0.2) is 0 Å². The Kier molecular flexibility index (Phi) is 2.86. The van der Waals surface area contributed by atoms with Gasteiger partial charge in [0.1, 0.15) is 5.75 Å². The van der Waals surface area contributed by atoms with Crippen molar-refractivity contribution in [3.8, 4) is 5.75 Å². The summed E-state index contributed by atoms with van der Waals surface area (Å²) < 4.78 is 5.57. The van der Waals surface area contributed by atoms with Crippen molar-refractivity contribution in [3.05, 3.63) is 29.3 Å². The third-order valence-electron chi connectivity index (χ3n) is 3.25. The predicted molar refractivity (Wildman–Crippen MR) is 60.8 cm³/mol. The molecule has 16 heavy (non-hydrogen) atoms. The number of ether oxygens (including phenoxy) is 1. The second-order valence-corrected chi connectivity index (χ2v) is 4.41. The molecule has 0 saturated carbocycles. The predicted octanol–water partition coefficient (Wildman–Crippen LogP) is 2.58. The highest BCUT2D eigenvalue weighted by Crippen LogP contribution is 2.38. The zero-order valence-electron chi connectivity index (χ0n) is 9.56. The first-order chi connectivity index (χ1) is 7.59. The van der Waals surface area contributed by atoms with E-state index in [4.69, 9.17) is 9.84 Å².